The van der Waals surface area contributed by atoms with E-state index in [9.17, 15) is 19.6 Å². The molecule has 0 aromatic heterocycles. The van der Waals surface area contributed by atoms with E-state index in [4.69, 9.17) is 5.73 Å². The second-order valence-corrected chi connectivity index (χ2v) is 8.17. The number of rotatable bonds is 5. The van der Waals surface area contributed by atoms with Gasteiger partial charge in [0.25, 0.3) is 5.91 Å². The third kappa shape index (κ3) is 3.25. The monoisotopic (exact) mass is 395 g/mol. The molecule has 8 nitrogen and oxygen atoms in total. The highest BCUT2D eigenvalue weighted by atomic mass is 16.2. The summed E-state index contributed by atoms with van der Waals surface area (Å²) in [5.41, 5.74) is 6.39. The number of fused-ring (bicyclic) bond motifs is 2. The Bertz CT molecular complexity index is 895. The van der Waals surface area contributed by atoms with E-state index in [-0.39, 0.29) is 35.9 Å². The molecule has 0 unspecified atom stereocenters. The van der Waals surface area contributed by atoms with Gasteiger partial charge in [-0.15, -0.1) is 0 Å². The summed E-state index contributed by atoms with van der Waals surface area (Å²) in [6.45, 7) is 3.64. The molecule has 3 saturated heterocycles. The van der Waals surface area contributed by atoms with Gasteiger partial charge in [0.1, 0.15) is 6.04 Å². The Labute approximate surface area is 169 Å². The quantitative estimate of drug-likeness (QED) is 0.790. The van der Waals surface area contributed by atoms with E-state index in [0.29, 0.717) is 37.3 Å². The Kier molecular flexibility index (Phi) is 5.01. The molecule has 0 saturated carbocycles. The smallest absolute Gasteiger partial charge is 0.250 e. The minimum atomic E-state index is -0.551. The molecule has 3 aliphatic rings. The van der Waals surface area contributed by atoms with Crippen LogP contribution in [0, 0.1) is 17.2 Å². The SMILES string of the molecule is C[C@@H](CN1C[C@@H]2C[C@H]1C(=O)N2c1ccccc1C(N)=O)C(=O)N1CCC[C@H]1C#N. The first kappa shape index (κ1) is 19.4. The molecular weight excluding hydrogens is 370 g/mol. The van der Waals surface area contributed by atoms with Crippen molar-refractivity contribution in [1.82, 2.24) is 9.80 Å². The fourth-order valence-corrected chi connectivity index (χ4v) is 4.95. The minimum absolute atomic E-state index is 0.0137. The first-order valence-electron chi connectivity index (χ1n) is 10.1. The van der Waals surface area contributed by atoms with Gasteiger partial charge in [0.15, 0.2) is 0 Å². The number of benzene rings is 1. The fourth-order valence-electron chi connectivity index (χ4n) is 4.95. The van der Waals surface area contributed by atoms with Crippen molar-refractivity contribution in [3.05, 3.63) is 29.8 Å². The molecule has 3 heterocycles. The van der Waals surface area contributed by atoms with E-state index < -0.39 is 5.91 Å². The highest BCUT2D eigenvalue weighted by Crippen LogP contribution is 2.37. The van der Waals surface area contributed by atoms with Gasteiger partial charge in [0.2, 0.25) is 11.8 Å². The number of carbonyl (C=O) groups is 3. The summed E-state index contributed by atoms with van der Waals surface area (Å²) >= 11 is 0. The van der Waals surface area contributed by atoms with Gasteiger partial charge in [0.05, 0.1) is 29.4 Å². The van der Waals surface area contributed by atoms with Crippen molar-refractivity contribution in [1.29, 1.82) is 5.26 Å². The number of likely N-dealkylation sites (tertiary alicyclic amines) is 2. The van der Waals surface area contributed by atoms with E-state index in [1.165, 1.54) is 0 Å². The summed E-state index contributed by atoms with van der Waals surface area (Å²) in [6.07, 6.45) is 2.27. The van der Waals surface area contributed by atoms with Gasteiger partial charge in [-0.25, -0.2) is 0 Å². The number of para-hydroxylation sites is 1. The van der Waals surface area contributed by atoms with Crippen LogP contribution in [0.5, 0.6) is 0 Å². The summed E-state index contributed by atoms with van der Waals surface area (Å²) in [4.78, 5) is 43.0. The van der Waals surface area contributed by atoms with Crippen molar-refractivity contribution in [2.24, 2.45) is 11.7 Å². The van der Waals surface area contributed by atoms with Crippen molar-refractivity contribution in [2.45, 2.75) is 44.3 Å². The Balaban J connectivity index is 1.45. The average Bonchev–Trinajstić information content (AvgIpc) is 3.41. The van der Waals surface area contributed by atoms with Crippen LogP contribution in [0.3, 0.4) is 0 Å². The predicted octanol–water partition coefficient (Wildman–Crippen LogP) is 0.726. The third-order valence-corrected chi connectivity index (χ3v) is 6.31. The normalized spacial score (nSPS) is 27.3. The molecule has 4 atom stereocenters. The molecule has 1 aromatic carbocycles. The second-order valence-electron chi connectivity index (χ2n) is 8.17. The molecule has 2 N–H and O–H groups in total. The lowest BCUT2D eigenvalue weighted by molar-refractivity contribution is -0.136. The van der Waals surface area contributed by atoms with E-state index in [2.05, 4.69) is 11.0 Å². The molecule has 4 rings (SSSR count). The van der Waals surface area contributed by atoms with Gasteiger partial charge < -0.3 is 15.5 Å². The molecule has 0 spiro atoms. The van der Waals surface area contributed by atoms with Crippen molar-refractivity contribution >= 4 is 23.4 Å². The van der Waals surface area contributed by atoms with E-state index in [1.54, 1.807) is 34.1 Å². The van der Waals surface area contributed by atoms with Crippen LogP contribution >= 0.6 is 0 Å². The summed E-state index contributed by atoms with van der Waals surface area (Å²) < 4.78 is 0. The van der Waals surface area contributed by atoms with Gasteiger partial charge in [-0.3, -0.25) is 19.3 Å². The lowest BCUT2D eigenvalue weighted by atomic mass is 10.1. The Morgan fingerprint density at radius 2 is 2.10 bits per heavy atom. The Morgan fingerprint density at radius 3 is 2.79 bits per heavy atom. The summed E-state index contributed by atoms with van der Waals surface area (Å²) in [5, 5.41) is 9.23. The maximum absolute atomic E-state index is 13.1. The average molecular weight is 395 g/mol. The van der Waals surface area contributed by atoms with E-state index in [1.807, 2.05) is 6.92 Å². The van der Waals surface area contributed by atoms with E-state index >= 15 is 0 Å². The highest BCUT2D eigenvalue weighted by molar-refractivity contribution is 6.07. The molecule has 3 aliphatic heterocycles. The van der Waals surface area contributed by atoms with E-state index in [0.717, 1.165) is 12.8 Å². The first-order valence-corrected chi connectivity index (χ1v) is 10.1. The van der Waals surface area contributed by atoms with Gasteiger partial charge in [0, 0.05) is 25.6 Å². The fraction of sp³-hybridized carbons (Fsp3) is 0.524. The number of nitrogens with two attached hydrogens (primary N) is 1. The molecule has 0 radical (unpaired) electrons. The van der Waals surface area contributed by atoms with Crippen LogP contribution in [-0.2, 0) is 9.59 Å². The second kappa shape index (κ2) is 7.48. The number of nitrogens with zero attached hydrogens (tertiary/aromatic N) is 4. The Morgan fingerprint density at radius 1 is 1.34 bits per heavy atom. The van der Waals surface area contributed by atoms with Crippen LogP contribution in [-0.4, -0.2) is 65.3 Å². The topological polar surface area (TPSA) is 111 Å². The zero-order chi connectivity index (χ0) is 20.7. The number of anilines is 1. The molecule has 2 bridgehead atoms. The van der Waals surface area contributed by atoms with Gasteiger partial charge in [-0.2, -0.15) is 5.26 Å². The summed E-state index contributed by atoms with van der Waals surface area (Å²) in [5.74, 6) is -0.891. The summed E-state index contributed by atoms with van der Waals surface area (Å²) in [7, 11) is 0. The zero-order valence-electron chi connectivity index (χ0n) is 16.5. The van der Waals surface area contributed by atoms with Crippen LogP contribution in [0.1, 0.15) is 36.5 Å². The number of hydrogen-bond acceptors (Lipinski definition) is 5. The van der Waals surface area contributed by atoms with Crippen LogP contribution in [0.2, 0.25) is 0 Å². The molecule has 3 fully saturated rings. The minimum Gasteiger partial charge on any atom is -0.366 e. The van der Waals surface area contributed by atoms with Gasteiger partial charge in [-0.05, 0) is 31.4 Å². The zero-order valence-corrected chi connectivity index (χ0v) is 16.5. The molecule has 0 aliphatic carbocycles. The van der Waals surface area contributed by atoms with Gasteiger partial charge in [-0.1, -0.05) is 19.1 Å². The van der Waals surface area contributed by atoms with Crippen LogP contribution in [0.15, 0.2) is 24.3 Å². The van der Waals surface area contributed by atoms with Crippen molar-refractivity contribution in [2.75, 3.05) is 24.5 Å². The standard InChI is InChI=1S/C21H25N5O3/c1-13(20(28)25-8-4-5-14(25)10-22)11-24-12-15-9-18(24)21(29)26(15)17-7-3-2-6-16(17)19(23)27/h2-3,6-7,13-15,18H,4-5,8-9,11-12H2,1H3,(H2,23,27)/t13-,14-,15-,18-/m0/s1. The molecule has 1 aromatic rings. The number of amides is 3. The molecule has 3 amide bonds. The third-order valence-electron chi connectivity index (χ3n) is 6.31. The molecule has 8 heteroatoms. The number of piperazine rings is 1. The number of primary amides is 1. The summed E-state index contributed by atoms with van der Waals surface area (Å²) in [6, 6.07) is 8.47. The largest absolute Gasteiger partial charge is 0.366 e. The van der Waals surface area contributed by atoms with Crippen LogP contribution in [0.25, 0.3) is 0 Å². The van der Waals surface area contributed by atoms with Crippen molar-refractivity contribution in [3.8, 4) is 6.07 Å². The predicted molar refractivity (Wildman–Crippen MR) is 106 cm³/mol. The van der Waals surface area contributed by atoms with Crippen LogP contribution in [0.4, 0.5) is 5.69 Å². The number of hydrogen-bond donors (Lipinski definition) is 1. The maximum atomic E-state index is 13.1. The highest BCUT2D eigenvalue weighted by Gasteiger charge is 2.51. The molecule has 152 valence electrons. The number of nitriles is 1. The number of carbonyl (C=O) groups excluding carboxylic acids is 3. The van der Waals surface area contributed by atoms with Gasteiger partial charge >= 0.3 is 0 Å². The molecule has 29 heavy (non-hydrogen) atoms. The van der Waals surface area contributed by atoms with Crippen molar-refractivity contribution < 1.29 is 14.4 Å². The lowest BCUT2D eigenvalue weighted by Gasteiger charge is -2.36. The van der Waals surface area contributed by atoms with Crippen molar-refractivity contribution in [3.63, 3.8) is 0 Å². The maximum Gasteiger partial charge on any atom is 0.250 e. The Hall–Kier alpha value is -2.92. The van der Waals surface area contributed by atoms with Crippen LogP contribution < -0.4 is 10.6 Å². The first-order chi connectivity index (χ1) is 13.9. The lowest BCUT2D eigenvalue weighted by Crippen LogP contribution is -2.53. The molecular formula is C21H25N5O3.